The van der Waals surface area contributed by atoms with E-state index in [0.717, 1.165) is 11.1 Å². The number of esters is 1. The summed E-state index contributed by atoms with van der Waals surface area (Å²) in [5, 5.41) is 1.80. The van der Waals surface area contributed by atoms with Gasteiger partial charge in [-0.2, -0.15) is 0 Å². The lowest BCUT2D eigenvalue weighted by molar-refractivity contribution is -0.132. The Balaban J connectivity index is 2.11. The van der Waals surface area contributed by atoms with Gasteiger partial charge in [-0.1, -0.05) is 12.1 Å². The molecule has 0 atom stereocenters. The molecular formula is C17H16FNO3S. The molecule has 3 rings (SSSR count). The fourth-order valence-electron chi connectivity index (χ4n) is 2.68. The molecule has 0 spiro atoms. The number of carbonyl (C=O) groups is 2. The Bertz CT molecular complexity index is 780. The number of methoxy groups -OCH3 is 1. The van der Waals surface area contributed by atoms with Crippen LogP contribution in [-0.4, -0.2) is 25.5 Å². The molecule has 2 heterocycles. The largest absolute Gasteiger partial charge is 0.465 e. The Labute approximate surface area is 137 Å². The lowest BCUT2D eigenvalue weighted by atomic mass is 9.82. The molecule has 2 aromatic rings. The summed E-state index contributed by atoms with van der Waals surface area (Å²) in [5.74, 6) is -0.847. The number of amides is 1. The molecule has 1 saturated heterocycles. The van der Waals surface area contributed by atoms with Gasteiger partial charge in [0, 0.05) is 17.5 Å². The van der Waals surface area contributed by atoms with Crippen LogP contribution in [0.15, 0.2) is 29.6 Å². The van der Waals surface area contributed by atoms with Crippen LogP contribution in [0, 0.1) is 11.2 Å². The van der Waals surface area contributed by atoms with E-state index >= 15 is 0 Å². The predicted molar refractivity (Wildman–Crippen MR) is 87.2 cm³/mol. The average Bonchev–Trinajstić information content (AvgIpc) is 2.96. The van der Waals surface area contributed by atoms with Crippen LogP contribution in [0.4, 0.5) is 10.1 Å². The molecule has 0 N–H and O–H groups in total. The molecule has 0 aliphatic carbocycles. The Morgan fingerprint density at radius 1 is 1.30 bits per heavy atom. The molecule has 6 heteroatoms. The van der Waals surface area contributed by atoms with E-state index < -0.39 is 11.4 Å². The maximum atomic E-state index is 13.2. The van der Waals surface area contributed by atoms with Crippen LogP contribution in [0.1, 0.15) is 23.5 Å². The van der Waals surface area contributed by atoms with Gasteiger partial charge in [0.15, 0.2) is 0 Å². The van der Waals surface area contributed by atoms with E-state index in [9.17, 15) is 14.0 Å². The first-order valence-corrected chi connectivity index (χ1v) is 8.01. The number of hydrogen-bond acceptors (Lipinski definition) is 4. The quantitative estimate of drug-likeness (QED) is 0.635. The lowest BCUT2D eigenvalue weighted by Gasteiger charge is -2.44. The number of rotatable bonds is 3. The van der Waals surface area contributed by atoms with Crippen LogP contribution < -0.4 is 4.90 Å². The Hall–Kier alpha value is -2.21. The van der Waals surface area contributed by atoms with Gasteiger partial charge in [0.05, 0.1) is 18.2 Å². The highest BCUT2D eigenvalue weighted by Gasteiger charge is 2.47. The fourth-order valence-corrected chi connectivity index (χ4v) is 3.68. The molecule has 1 aliphatic heterocycles. The highest BCUT2D eigenvalue weighted by atomic mass is 32.1. The van der Waals surface area contributed by atoms with Gasteiger partial charge in [-0.25, -0.2) is 9.18 Å². The second-order valence-electron chi connectivity index (χ2n) is 6.10. The number of thiophene rings is 1. The molecular weight excluding hydrogens is 317 g/mol. The molecule has 1 fully saturated rings. The van der Waals surface area contributed by atoms with Crippen LogP contribution >= 0.6 is 11.3 Å². The first-order chi connectivity index (χ1) is 10.8. The lowest BCUT2D eigenvalue weighted by Crippen LogP contribution is -2.59. The minimum Gasteiger partial charge on any atom is -0.465 e. The molecule has 0 bridgehead atoms. The first-order valence-electron chi connectivity index (χ1n) is 7.13. The molecule has 0 unspecified atom stereocenters. The molecule has 1 aromatic carbocycles. The number of halogens is 1. The monoisotopic (exact) mass is 333 g/mol. The zero-order chi connectivity index (χ0) is 16.8. The van der Waals surface area contributed by atoms with E-state index in [2.05, 4.69) is 0 Å². The Morgan fingerprint density at radius 3 is 2.48 bits per heavy atom. The molecule has 1 aromatic heterocycles. The summed E-state index contributed by atoms with van der Waals surface area (Å²) < 4.78 is 18.0. The van der Waals surface area contributed by atoms with Crippen molar-refractivity contribution in [2.45, 2.75) is 13.8 Å². The highest BCUT2D eigenvalue weighted by Crippen LogP contribution is 2.45. The van der Waals surface area contributed by atoms with Gasteiger partial charge < -0.3 is 9.64 Å². The van der Waals surface area contributed by atoms with Crippen LogP contribution in [0.3, 0.4) is 0 Å². The van der Waals surface area contributed by atoms with Gasteiger partial charge in [-0.05, 0) is 31.5 Å². The molecule has 120 valence electrons. The van der Waals surface area contributed by atoms with Gasteiger partial charge >= 0.3 is 5.97 Å². The maximum absolute atomic E-state index is 13.2. The third-order valence-electron chi connectivity index (χ3n) is 3.94. The van der Waals surface area contributed by atoms with Crippen LogP contribution in [-0.2, 0) is 9.53 Å². The molecule has 0 saturated carbocycles. The number of hydrogen-bond donors (Lipinski definition) is 0. The van der Waals surface area contributed by atoms with Crippen LogP contribution in [0.5, 0.6) is 0 Å². The maximum Gasteiger partial charge on any atom is 0.350 e. The highest BCUT2D eigenvalue weighted by molar-refractivity contribution is 7.13. The summed E-state index contributed by atoms with van der Waals surface area (Å²) in [7, 11) is 1.31. The van der Waals surface area contributed by atoms with E-state index in [0.29, 0.717) is 17.1 Å². The van der Waals surface area contributed by atoms with Crippen molar-refractivity contribution >= 4 is 28.9 Å². The zero-order valence-electron chi connectivity index (χ0n) is 13.1. The summed E-state index contributed by atoms with van der Waals surface area (Å²) in [6.07, 6.45) is 0. The van der Waals surface area contributed by atoms with E-state index in [1.807, 2.05) is 13.8 Å². The molecule has 0 radical (unpaired) electrons. The third kappa shape index (κ3) is 2.53. The Morgan fingerprint density at radius 2 is 1.96 bits per heavy atom. The van der Waals surface area contributed by atoms with Crippen LogP contribution in [0.25, 0.3) is 11.1 Å². The van der Waals surface area contributed by atoms with E-state index in [1.165, 1.54) is 30.6 Å². The first kappa shape index (κ1) is 15.7. The van der Waals surface area contributed by atoms with Crippen molar-refractivity contribution in [3.63, 3.8) is 0 Å². The standard InChI is InChI=1S/C17H16FNO3S/c1-17(2)9-19(16(17)21)13-12(8-23-14(13)15(20)22-3)10-4-6-11(18)7-5-10/h4-8H,9H2,1-3H3. The smallest absolute Gasteiger partial charge is 0.350 e. The zero-order valence-corrected chi connectivity index (χ0v) is 13.9. The van der Waals surface area contributed by atoms with Crippen molar-refractivity contribution in [3.05, 3.63) is 40.3 Å². The average molecular weight is 333 g/mol. The fraction of sp³-hybridized carbons (Fsp3) is 0.294. The summed E-state index contributed by atoms with van der Waals surface area (Å²) in [6.45, 7) is 4.27. The predicted octanol–water partition coefficient (Wildman–Crippen LogP) is 3.71. The van der Waals surface area contributed by atoms with Crippen molar-refractivity contribution in [2.24, 2.45) is 5.41 Å². The van der Waals surface area contributed by atoms with E-state index in [-0.39, 0.29) is 11.7 Å². The molecule has 1 amide bonds. The number of benzene rings is 1. The number of carbonyl (C=O) groups excluding carboxylic acids is 2. The van der Waals surface area contributed by atoms with E-state index in [1.54, 1.807) is 22.4 Å². The molecule has 4 nitrogen and oxygen atoms in total. The summed E-state index contributed by atoms with van der Waals surface area (Å²) >= 11 is 1.23. The summed E-state index contributed by atoms with van der Waals surface area (Å²) in [6, 6.07) is 5.99. The van der Waals surface area contributed by atoms with Crippen molar-refractivity contribution in [2.75, 3.05) is 18.6 Å². The van der Waals surface area contributed by atoms with Gasteiger partial charge in [0.25, 0.3) is 0 Å². The van der Waals surface area contributed by atoms with Crippen LogP contribution in [0.2, 0.25) is 0 Å². The number of β-lactam (4-membered cyclic amide) rings is 1. The Kier molecular flexibility index (Phi) is 3.72. The van der Waals surface area contributed by atoms with Gasteiger partial charge in [-0.15, -0.1) is 11.3 Å². The molecule has 1 aliphatic rings. The van der Waals surface area contributed by atoms with Crippen molar-refractivity contribution in [1.82, 2.24) is 0 Å². The second kappa shape index (κ2) is 5.45. The number of anilines is 1. The van der Waals surface area contributed by atoms with Crippen molar-refractivity contribution < 1.29 is 18.7 Å². The summed E-state index contributed by atoms with van der Waals surface area (Å²) in [4.78, 5) is 26.4. The molecule has 23 heavy (non-hydrogen) atoms. The minimum absolute atomic E-state index is 0.0376. The van der Waals surface area contributed by atoms with Gasteiger partial charge in [0.2, 0.25) is 5.91 Å². The number of ether oxygens (including phenoxy) is 1. The summed E-state index contributed by atoms with van der Waals surface area (Å²) in [5.41, 5.74) is 1.61. The topological polar surface area (TPSA) is 46.6 Å². The normalized spacial score (nSPS) is 16.2. The second-order valence-corrected chi connectivity index (χ2v) is 6.98. The third-order valence-corrected chi connectivity index (χ3v) is 4.89. The number of nitrogens with zero attached hydrogens (tertiary/aromatic N) is 1. The van der Waals surface area contributed by atoms with Crippen molar-refractivity contribution in [3.8, 4) is 11.1 Å². The minimum atomic E-state index is -0.476. The SMILES string of the molecule is COC(=O)c1scc(-c2ccc(F)cc2)c1N1CC(C)(C)C1=O. The van der Waals surface area contributed by atoms with Crippen molar-refractivity contribution in [1.29, 1.82) is 0 Å². The van der Waals surface area contributed by atoms with Gasteiger partial charge in [0.1, 0.15) is 10.7 Å². The van der Waals surface area contributed by atoms with E-state index in [4.69, 9.17) is 4.74 Å². The van der Waals surface area contributed by atoms with Gasteiger partial charge in [-0.3, -0.25) is 4.79 Å².